The molecule has 3 rings (SSSR count). The Morgan fingerprint density at radius 2 is 2.00 bits per heavy atom. The molecule has 1 saturated heterocycles. The number of alkyl halides is 2. The Balaban J connectivity index is 1.68. The maximum atomic E-state index is 13.5. The van der Waals surface area contributed by atoms with E-state index in [1.807, 2.05) is 30.3 Å². The van der Waals surface area contributed by atoms with Crippen molar-refractivity contribution in [2.75, 3.05) is 13.1 Å². The number of amides is 2. The summed E-state index contributed by atoms with van der Waals surface area (Å²) in [6, 6.07) is 11.1. The van der Waals surface area contributed by atoms with Gasteiger partial charge < -0.3 is 10.2 Å². The van der Waals surface area contributed by atoms with Gasteiger partial charge in [-0.3, -0.25) is 14.6 Å². The molecular weight excluding hydrogens is 378 g/mol. The van der Waals surface area contributed by atoms with Crippen LogP contribution in [0.3, 0.4) is 0 Å². The van der Waals surface area contributed by atoms with Crippen molar-refractivity contribution in [2.24, 2.45) is 0 Å². The number of carbonyl (C=O) groups excluding carboxylic acids is 2. The third-order valence-corrected chi connectivity index (χ3v) is 4.32. The third kappa shape index (κ3) is 4.94. The predicted molar refractivity (Wildman–Crippen MR) is 99.7 cm³/mol. The number of halogens is 2. The molecule has 1 aliphatic heterocycles. The lowest BCUT2D eigenvalue weighted by Gasteiger charge is -2.19. The van der Waals surface area contributed by atoms with E-state index < -0.39 is 43.3 Å². The first-order chi connectivity index (χ1) is 13.9. The topological polar surface area (TPSA) is 86.1 Å². The molecule has 2 amide bonds. The van der Waals surface area contributed by atoms with E-state index in [1.165, 1.54) is 18.5 Å². The average Bonchev–Trinajstić information content (AvgIpc) is 3.06. The molecule has 8 heteroatoms. The fourth-order valence-corrected chi connectivity index (χ4v) is 2.90. The third-order valence-electron chi connectivity index (χ3n) is 4.32. The Morgan fingerprint density at radius 1 is 1.24 bits per heavy atom. The molecule has 0 aliphatic carbocycles. The van der Waals surface area contributed by atoms with Gasteiger partial charge in [0.05, 0.1) is 30.3 Å². The zero-order valence-corrected chi connectivity index (χ0v) is 15.2. The van der Waals surface area contributed by atoms with Crippen LogP contribution in [0.2, 0.25) is 0 Å². The lowest BCUT2D eigenvalue weighted by molar-refractivity contribution is -0.131. The molecule has 0 bridgehead atoms. The molecule has 0 unspecified atom stereocenters. The Kier molecular flexibility index (Phi) is 5.85. The highest BCUT2D eigenvalue weighted by molar-refractivity contribution is 5.98. The number of hydrogen-bond acceptors (Lipinski definition) is 4. The van der Waals surface area contributed by atoms with Crippen molar-refractivity contribution in [3.63, 3.8) is 0 Å². The van der Waals surface area contributed by atoms with Crippen LogP contribution in [-0.2, 0) is 4.79 Å². The fourth-order valence-electron chi connectivity index (χ4n) is 2.90. The van der Waals surface area contributed by atoms with Crippen molar-refractivity contribution >= 4 is 11.8 Å². The van der Waals surface area contributed by atoms with E-state index in [0.29, 0.717) is 5.56 Å². The molecule has 1 aliphatic rings. The summed E-state index contributed by atoms with van der Waals surface area (Å²) < 4.78 is 27.0. The molecular formula is C21H16F2N4O2. The van der Waals surface area contributed by atoms with Crippen molar-refractivity contribution in [2.45, 2.75) is 18.4 Å². The molecule has 2 heterocycles. The molecule has 6 nitrogen and oxygen atoms in total. The molecule has 146 valence electrons. The maximum absolute atomic E-state index is 13.5. The molecule has 1 fully saturated rings. The van der Waals surface area contributed by atoms with E-state index >= 15 is 0 Å². The van der Waals surface area contributed by atoms with E-state index in [4.69, 9.17) is 5.26 Å². The number of nitrogens with zero attached hydrogens (tertiary/aromatic N) is 3. The number of carbonyl (C=O) groups is 2. The largest absolute Gasteiger partial charge is 0.343 e. The second-order valence-corrected chi connectivity index (χ2v) is 6.45. The number of hydrogen-bond donors (Lipinski definition) is 1. The smallest absolute Gasteiger partial charge is 0.268 e. The SMILES string of the molecule is N#C[C@@H]1CC(F)(F)CN1C(=O)CNC(=O)c1ccncc1C#Cc1ccccc1. The summed E-state index contributed by atoms with van der Waals surface area (Å²) in [4.78, 5) is 29.5. The molecule has 0 radical (unpaired) electrons. The van der Waals surface area contributed by atoms with Crippen molar-refractivity contribution in [3.8, 4) is 17.9 Å². The lowest BCUT2D eigenvalue weighted by atomic mass is 10.1. The number of nitriles is 1. The first-order valence-corrected chi connectivity index (χ1v) is 8.76. The van der Waals surface area contributed by atoms with Crippen molar-refractivity contribution < 1.29 is 18.4 Å². The highest BCUT2D eigenvalue weighted by Crippen LogP contribution is 2.31. The number of pyridine rings is 1. The van der Waals surface area contributed by atoms with Gasteiger partial charge in [-0.15, -0.1) is 0 Å². The molecule has 0 saturated carbocycles. The minimum absolute atomic E-state index is 0.208. The van der Waals surface area contributed by atoms with Gasteiger partial charge in [-0.05, 0) is 18.2 Å². The first kappa shape index (κ1) is 20.0. The van der Waals surface area contributed by atoms with E-state index in [2.05, 4.69) is 22.1 Å². The molecule has 1 N–H and O–H groups in total. The van der Waals surface area contributed by atoms with Gasteiger partial charge in [-0.2, -0.15) is 5.26 Å². The standard InChI is InChI=1S/C21H16F2N4O2/c22-21(23)10-17(11-24)27(14-21)19(28)13-26-20(29)18-8-9-25-12-16(18)7-6-15-4-2-1-3-5-15/h1-5,8-9,12,17H,10,13-14H2,(H,26,29)/t17-/m0/s1. The monoisotopic (exact) mass is 394 g/mol. The van der Waals surface area contributed by atoms with E-state index in [1.54, 1.807) is 6.07 Å². The fraction of sp³-hybridized carbons (Fsp3) is 0.238. The second-order valence-electron chi connectivity index (χ2n) is 6.45. The summed E-state index contributed by atoms with van der Waals surface area (Å²) in [5.41, 5.74) is 1.33. The van der Waals surface area contributed by atoms with Gasteiger partial charge >= 0.3 is 0 Å². The number of nitrogens with one attached hydrogen (secondary N) is 1. The molecule has 2 aromatic rings. The van der Waals surface area contributed by atoms with Crippen molar-refractivity contribution in [1.29, 1.82) is 5.26 Å². The van der Waals surface area contributed by atoms with Gasteiger partial charge in [0, 0.05) is 24.4 Å². The minimum Gasteiger partial charge on any atom is -0.343 e. The summed E-state index contributed by atoms with van der Waals surface area (Å²) in [6.07, 6.45) is 2.14. The van der Waals surface area contributed by atoms with Gasteiger partial charge in [-0.1, -0.05) is 30.0 Å². The van der Waals surface area contributed by atoms with Gasteiger partial charge in [0.2, 0.25) is 5.91 Å². The lowest BCUT2D eigenvalue weighted by Crippen LogP contribution is -2.43. The van der Waals surface area contributed by atoms with Crippen molar-refractivity contribution in [3.05, 3.63) is 65.5 Å². The Morgan fingerprint density at radius 3 is 2.72 bits per heavy atom. The van der Waals surface area contributed by atoms with Gasteiger partial charge in [0.25, 0.3) is 11.8 Å². The number of aromatic nitrogens is 1. The summed E-state index contributed by atoms with van der Waals surface area (Å²) in [6.45, 7) is -1.33. The number of likely N-dealkylation sites (tertiary alicyclic amines) is 1. The van der Waals surface area contributed by atoms with Crippen molar-refractivity contribution in [1.82, 2.24) is 15.2 Å². The molecule has 1 atom stereocenters. The normalized spacial score (nSPS) is 17.0. The van der Waals surface area contributed by atoms with Crippen LogP contribution in [0, 0.1) is 23.2 Å². The van der Waals surface area contributed by atoms with Crippen LogP contribution in [-0.4, -0.2) is 46.8 Å². The summed E-state index contributed by atoms with van der Waals surface area (Å²) in [5.74, 6) is 1.36. The molecule has 1 aromatic heterocycles. The van der Waals surface area contributed by atoms with Crippen LogP contribution >= 0.6 is 0 Å². The maximum Gasteiger partial charge on any atom is 0.268 e. The minimum atomic E-state index is -3.11. The Labute approximate surface area is 166 Å². The van der Waals surface area contributed by atoms with Crippen LogP contribution < -0.4 is 5.32 Å². The molecule has 0 spiro atoms. The van der Waals surface area contributed by atoms with Crippen LogP contribution in [0.15, 0.2) is 48.8 Å². The predicted octanol–water partition coefficient (Wildman–Crippen LogP) is 1.97. The molecule has 1 aromatic carbocycles. The molecule has 29 heavy (non-hydrogen) atoms. The van der Waals surface area contributed by atoms with Gasteiger partial charge in [0.1, 0.15) is 6.04 Å². The van der Waals surface area contributed by atoms with Crippen LogP contribution in [0.5, 0.6) is 0 Å². The zero-order chi connectivity index (χ0) is 20.9. The summed E-state index contributed by atoms with van der Waals surface area (Å²) in [7, 11) is 0. The van der Waals surface area contributed by atoms with Gasteiger partial charge in [0.15, 0.2) is 0 Å². The second kappa shape index (κ2) is 8.49. The van der Waals surface area contributed by atoms with Crippen LogP contribution in [0.25, 0.3) is 0 Å². The Bertz CT molecular complexity index is 1020. The van der Waals surface area contributed by atoms with Crippen LogP contribution in [0.1, 0.15) is 27.9 Å². The highest BCUT2D eigenvalue weighted by atomic mass is 19.3. The Hall–Kier alpha value is -3.78. The average molecular weight is 394 g/mol. The highest BCUT2D eigenvalue weighted by Gasteiger charge is 2.47. The zero-order valence-electron chi connectivity index (χ0n) is 15.2. The number of benzene rings is 1. The van der Waals surface area contributed by atoms with Crippen LogP contribution in [0.4, 0.5) is 8.78 Å². The van der Waals surface area contributed by atoms with E-state index in [-0.39, 0.29) is 5.56 Å². The van der Waals surface area contributed by atoms with Gasteiger partial charge in [-0.25, -0.2) is 8.78 Å². The summed E-state index contributed by atoms with van der Waals surface area (Å²) >= 11 is 0. The first-order valence-electron chi connectivity index (χ1n) is 8.76. The van der Waals surface area contributed by atoms with E-state index in [0.717, 1.165) is 10.5 Å². The quantitative estimate of drug-likeness (QED) is 0.807. The number of rotatable bonds is 3. The van der Waals surface area contributed by atoms with E-state index in [9.17, 15) is 18.4 Å². The summed E-state index contributed by atoms with van der Waals surface area (Å²) in [5, 5.41) is 11.4.